The fourth-order valence-electron chi connectivity index (χ4n) is 1.01. The van der Waals surface area contributed by atoms with Crippen LogP contribution in [0.1, 0.15) is 11.7 Å². The first-order valence-corrected chi connectivity index (χ1v) is 4.32. The normalized spacial score (nSPS) is 12.1. The summed E-state index contributed by atoms with van der Waals surface area (Å²) in [6.07, 6.45) is -1.09. The molecule has 1 aromatic carbocycles. The summed E-state index contributed by atoms with van der Waals surface area (Å²) in [5, 5.41) is 10.1. The topological polar surface area (TPSA) is 63.3 Å². The molecule has 3 nitrogen and oxygen atoms in total. The summed E-state index contributed by atoms with van der Waals surface area (Å²) in [7, 11) is 0. The maximum absolute atomic E-state index is 10.7. The van der Waals surface area contributed by atoms with Crippen LogP contribution in [-0.2, 0) is 4.79 Å². The number of aliphatic hydroxyl groups is 1. The van der Waals surface area contributed by atoms with Crippen LogP contribution < -0.4 is 5.73 Å². The number of benzene rings is 1. The Hall–Kier alpha value is -1.32. The van der Waals surface area contributed by atoms with Gasteiger partial charge in [-0.2, -0.15) is 0 Å². The Labute approximate surface area is 86.8 Å². The van der Waals surface area contributed by atoms with E-state index < -0.39 is 12.0 Å². The third kappa shape index (κ3) is 2.34. The van der Waals surface area contributed by atoms with Crippen LogP contribution in [0.5, 0.6) is 0 Å². The van der Waals surface area contributed by atoms with Crippen LogP contribution in [0.25, 0.3) is 0 Å². The van der Waals surface area contributed by atoms with Crippen molar-refractivity contribution in [2.45, 2.75) is 6.10 Å². The van der Waals surface area contributed by atoms with E-state index in [1.807, 2.05) is 0 Å². The number of rotatable bonds is 3. The Kier molecular flexibility index (Phi) is 3.28. The van der Waals surface area contributed by atoms with E-state index in [4.69, 9.17) is 17.3 Å². The lowest BCUT2D eigenvalue weighted by Gasteiger charge is -2.11. The van der Waals surface area contributed by atoms with Gasteiger partial charge in [0.05, 0.1) is 0 Å². The minimum atomic E-state index is -1.09. The van der Waals surface area contributed by atoms with E-state index in [0.717, 1.165) is 0 Å². The molecular weight excluding hydrogens is 202 g/mol. The zero-order valence-corrected chi connectivity index (χ0v) is 8.16. The number of carbonyl (C=O) groups is 1. The van der Waals surface area contributed by atoms with Crippen LogP contribution in [0.3, 0.4) is 0 Å². The lowest BCUT2D eigenvalue weighted by atomic mass is 10.0. The van der Waals surface area contributed by atoms with Crippen LogP contribution in [0.2, 0.25) is 5.02 Å². The molecular formula is C10H10ClNO2. The second-order valence-corrected chi connectivity index (χ2v) is 3.28. The molecule has 1 rings (SSSR count). The minimum absolute atomic E-state index is 0.0488. The molecule has 0 aliphatic heterocycles. The van der Waals surface area contributed by atoms with E-state index >= 15 is 0 Å². The number of hydrogen-bond acceptors (Lipinski definition) is 2. The number of amides is 1. The minimum Gasteiger partial charge on any atom is -0.383 e. The molecule has 0 aromatic heterocycles. The van der Waals surface area contributed by atoms with E-state index in [2.05, 4.69) is 6.58 Å². The molecule has 0 fully saturated rings. The van der Waals surface area contributed by atoms with Gasteiger partial charge in [-0.05, 0) is 17.7 Å². The average molecular weight is 212 g/mol. The highest BCUT2D eigenvalue weighted by molar-refractivity contribution is 6.30. The summed E-state index contributed by atoms with van der Waals surface area (Å²) in [5.41, 5.74) is 5.43. The standard InChI is InChI=1S/C10H10ClNO2/c1-6(10(12)14)9(13)7-3-2-4-8(11)5-7/h2-5,9,13H,1H2,(H2,12,14)/t9-/m1/s1. The molecule has 0 radical (unpaired) electrons. The van der Waals surface area contributed by atoms with Gasteiger partial charge in [0.2, 0.25) is 5.91 Å². The fraction of sp³-hybridized carbons (Fsp3) is 0.100. The summed E-state index contributed by atoms with van der Waals surface area (Å²) in [5.74, 6) is -0.725. The molecule has 0 saturated carbocycles. The highest BCUT2D eigenvalue weighted by Crippen LogP contribution is 2.22. The molecule has 1 aromatic rings. The van der Waals surface area contributed by atoms with Crippen LogP contribution in [-0.4, -0.2) is 11.0 Å². The molecule has 0 saturated heterocycles. The Morgan fingerprint density at radius 2 is 2.21 bits per heavy atom. The van der Waals surface area contributed by atoms with Crippen LogP contribution in [0, 0.1) is 0 Å². The van der Waals surface area contributed by atoms with Gasteiger partial charge in [-0.3, -0.25) is 4.79 Å². The first-order valence-electron chi connectivity index (χ1n) is 3.94. The molecule has 74 valence electrons. The van der Waals surface area contributed by atoms with Gasteiger partial charge in [0.15, 0.2) is 0 Å². The second-order valence-electron chi connectivity index (χ2n) is 2.85. The van der Waals surface area contributed by atoms with Crippen molar-refractivity contribution in [2.75, 3.05) is 0 Å². The van der Waals surface area contributed by atoms with Gasteiger partial charge in [-0.1, -0.05) is 30.3 Å². The molecule has 14 heavy (non-hydrogen) atoms. The first kappa shape index (κ1) is 10.8. The number of aliphatic hydroxyl groups excluding tert-OH is 1. The second kappa shape index (κ2) is 4.26. The molecule has 0 aliphatic carbocycles. The van der Waals surface area contributed by atoms with Crippen molar-refractivity contribution in [3.8, 4) is 0 Å². The Morgan fingerprint density at radius 3 is 2.71 bits per heavy atom. The average Bonchev–Trinajstić information content (AvgIpc) is 2.15. The maximum Gasteiger partial charge on any atom is 0.247 e. The summed E-state index contributed by atoms with van der Waals surface area (Å²) in [6, 6.07) is 6.55. The summed E-state index contributed by atoms with van der Waals surface area (Å²) >= 11 is 5.72. The SMILES string of the molecule is C=C(C(N)=O)[C@@H](O)c1cccc(Cl)c1. The maximum atomic E-state index is 10.7. The van der Waals surface area contributed by atoms with E-state index in [0.29, 0.717) is 10.6 Å². The quantitative estimate of drug-likeness (QED) is 0.743. The van der Waals surface area contributed by atoms with Crippen molar-refractivity contribution < 1.29 is 9.90 Å². The molecule has 3 N–H and O–H groups in total. The van der Waals surface area contributed by atoms with Gasteiger partial charge in [0, 0.05) is 10.6 Å². The summed E-state index contributed by atoms with van der Waals surface area (Å²) in [4.78, 5) is 10.7. The van der Waals surface area contributed by atoms with Gasteiger partial charge >= 0.3 is 0 Å². The van der Waals surface area contributed by atoms with Gasteiger partial charge in [-0.15, -0.1) is 0 Å². The zero-order valence-electron chi connectivity index (χ0n) is 7.40. The van der Waals surface area contributed by atoms with Crippen LogP contribution >= 0.6 is 11.6 Å². The van der Waals surface area contributed by atoms with Crippen molar-refractivity contribution in [2.24, 2.45) is 5.73 Å². The summed E-state index contributed by atoms with van der Waals surface area (Å²) in [6.45, 7) is 3.39. The van der Waals surface area contributed by atoms with Crippen molar-refractivity contribution >= 4 is 17.5 Å². The van der Waals surface area contributed by atoms with E-state index in [1.165, 1.54) is 0 Å². The zero-order chi connectivity index (χ0) is 10.7. The third-order valence-electron chi connectivity index (χ3n) is 1.81. The smallest absolute Gasteiger partial charge is 0.247 e. The third-order valence-corrected chi connectivity index (χ3v) is 2.05. The molecule has 0 aliphatic rings. The van der Waals surface area contributed by atoms with E-state index in [9.17, 15) is 9.90 Å². The lowest BCUT2D eigenvalue weighted by molar-refractivity contribution is -0.115. The number of nitrogens with two attached hydrogens (primary N) is 1. The number of hydrogen-bond donors (Lipinski definition) is 2. The molecule has 0 spiro atoms. The Bertz CT molecular complexity index is 376. The number of halogens is 1. The van der Waals surface area contributed by atoms with Crippen molar-refractivity contribution in [1.82, 2.24) is 0 Å². The van der Waals surface area contributed by atoms with Gasteiger partial charge < -0.3 is 10.8 Å². The Morgan fingerprint density at radius 1 is 1.57 bits per heavy atom. The van der Waals surface area contributed by atoms with Crippen molar-refractivity contribution in [1.29, 1.82) is 0 Å². The van der Waals surface area contributed by atoms with Gasteiger partial charge in [0.1, 0.15) is 6.10 Å². The predicted molar refractivity (Wildman–Crippen MR) is 54.7 cm³/mol. The molecule has 1 amide bonds. The first-order chi connectivity index (χ1) is 6.52. The highest BCUT2D eigenvalue weighted by atomic mass is 35.5. The largest absolute Gasteiger partial charge is 0.383 e. The van der Waals surface area contributed by atoms with Gasteiger partial charge in [0.25, 0.3) is 0 Å². The monoisotopic (exact) mass is 211 g/mol. The molecule has 1 atom stereocenters. The van der Waals surface area contributed by atoms with Crippen molar-refractivity contribution in [3.63, 3.8) is 0 Å². The fourth-order valence-corrected chi connectivity index (χ4v) is 1.21. The lowest BCUT2D eigenvalue weighted by Crippen LogP contribution is -2.18. The van der Waals surface area contributed by atoms with Crippen molar-refractivity contribution in [3.05, 3.63) is 47.0 Å². The Balaban J connectivity index is 2.95. The molecule has 0 unspecified atom stereocenters. The molecule has 4 heteroatoms. The predicted octanol–water partition coefficient (Wildman–Crippen LogP) is 1.41. The number of carbonyl (C=O) groups excluding carboxylic acids is 1. The molecule has 0 heterocycles. The summed E-state index contributed by atoms with van der Waals surface area (Å²) < 4.78 is 0. The molecule has 0 bridgehead atoms. The van der Waals surface area contributed by atoms with E-state index in [-0.39, 0.29) is 5.57 Å². The van der Waals surface area contributed by atoms with Crippen LogP contribution in [0.4, 0.5) is 0 Å². The highest BCUT2D eigenvalue weighted by Gasteiger charge is 2.15. The van der Waals surface area contributed by atoms with E-state index in [1.54, 1.807) is 24.3 Å². The van der Waals surface area contributed by atoms with Crippen LogP contribution in [0.15, 0.2) is 36.4 Å². The number of primary amides is 1. The van der Waals surface area contributed by atoms with Gasteiger partial charge in [-0.25, -0.2) is 0 Å².